The first-order valence-electron chi connectivity index (χ1n) is 10.5. The molecule has 0 radical (unpaired) electrons. The number of benzene rings is 3. The molecule has 0 aromatic heterocycles. The van der Waals surface area contributed by atoms with Crippen molar-refractivity contribution in [3.63, 3.8) is 0 Å². The number of rotatable bonds is 8. The molecule has 3 nitrogen and oxygen atoms in total. The molecule has 0 saturated heterocycles. The van der Waals surface area contributed by atoms with E-state index in [1.807, 2.05) is 36.4 Å². The summed E-state index contributed by atoms with van der Waals surface area (Å²) in [5, 5.41) is 23.0. The van der Waals surface area contributed by atoms with Crippen molar-refractivity contribution >= 4 is 34.6 Å². The first-order valence-corrected chi connectivity index (χ1v) is 13.2. The third kappa shape index (κ3) is 4.71. The maximum Gasteiger partial charge on any atom is 0.261 e. The van der Waals surface area contributed by atoms with Gasteiger partial charge in [-0.15, -0.1) is 0 Å². The number of halogens is 1. The zero-order valence-corrected chi connectivity index (χ0v) is 21.0. The lowest BCUT2D eigenvalue weighted by molar-refractivity contribution is 0.0694. The van der Waals surface area contributed by atoms with Crippen LogP contribution in [0.5, 0.6) is 0 Å². The quantitative estimate of drug-likeness (QED) is 0.456. The number of aliphatic hydroxyl groups excluding tert-OH is 2. The van der Waals surface area contributed by atoms with Gasteiger partial charge in [-0.25, -0.2) is 0 Å². The second-order valence-corrected chi connectivity index (χ2v) is 14.3. The predicted molar refractivity (Wildman–Crippen MR) is 134 cm³/mol. The minimum absolute atomic E-state index is 0.175. The average Bonchev–Trinajstić information content (AvgIpc) is 2.78. The Labute approximate surface area is 195 Å². The molecule has 0 amide bonds. The van der Waals surface area contributed by atoms with Crippen molar-refractivity contribution in [3.05, 3.63) is 95.0 Å². The zero-order chi connectivity index (χ0) is 22.5. The van der Waals surface area contributed by atoms with Crippen molar-refractivity contribution in [2.24, 2.45) is 0 Å². The fourth-order valence-corrected chi connectivity index (χ4v) is 9.13. The lowest BCUT2D eigenvalue weighted by Crippen LogP contribution is -2.67. The summed E-state index contributed by atoms with van der Waals surface area (Å²) in [5.74, 6) is 0. The molecule has 0 aliphatic heterocycles. The molecule has 0 spiro atoms. The van der Waals surface area contributed by atoms with E-state index in [0.29, 0.717) is 0 Å². The van der Waals surface area contributed by atoms with Crippen LogP contribution in [0.25, 0.3) is 0 Å². The van der Waals surface area contributed by atoms with Crippen LogP contribution in [-0.2, 0) is 9.84 Å². The standard InChI is InChI=1S/C26H31BrO3Si/c1-25(2,3)31(23-10-6-4-7-11-23,24-12-8-5-9-13-24)30-20-26(18-28,19-29)21-14-16-22(27)17-15-21/h4-17,28-29H,18-20H2,1-3H3. The summed E-state index contributed by atoms with van der Waals surface area (Å²) >= 11 is 3.46. The molecule has 0 atom stereocenters. The molecule has 0 saturated carbocycles. The van der Waals surface area contributed by atoms with Crippen molar-refractivity contribution in [1.82, 2.24) is 0 Å². The largest absolute Gasteiger partial charge is 0.406 e. The van der Waals surface area contributed by atoms with Crippen LogP contribution in [0.4, 0.5) is 0 Å². The lowest BCUT2D eigenvalue weighted by Gasteiger charge is -2.45. The number of hydrogen-bond acceptors (Lipinski definition) is 3. The fraction of sp³-hybridized carbons (Fsp3) is 0.308. The summed E-state index contributed by atoms with van der Waals surface area (Å²) < 4.78 is 7.96. The predicted octanol–water partition coefficient (Wildman–Crippen LogP) is 4.25. The van der Waals surface area contributed by atoms with Crippen molar-refractivity contribution in [2.45, 2.75) is 31.2 Å². The molecule has 0 unspecified atom stereocenters. The van der Waals surface area contributed by atoms with Crippen molar-refractivity contribution < 1.29 is 14.6 Å². The molecule has 31 heavy (non-hydrogen) atoms. The Balaban J connectivity index is 2.13. The molecule has 0 bridgehead atoms. The van der Waals surface area contributed by atoms with Gasteiger partial charge < -0.3 is 14.6 Å². The van der Waals surface area contributed by atoms with Gasteiger partial charge in [0.25, 0.3) is 8.32 Å². The summed E-state index contributed by atoms with van der Waals surface area (Å²) in [4.78, 5) is 0. The monoisotopic (exact) mass is 498 g/mol. The van der Waals surface area contributed by atoms with Gasteiger partial charge in [0.15, 0.2) is 0 Å². The molecule has 5 heteroatoms. The Morgan fingerprint density at radius 3 is 1.58 bits per heavy atom. The summed E-state index contributed by atoms with van der Waals surface area (Å²) in [6, 6.07) is 28.5. The normalized spacial score (nSPS) is 12.7. The zero-order valence-electron chi connectivity index (χ0n) is 18.4. The van der Waals surface area contributed by atoms with Crippen LogP contribution in [0.3, 0.4) is 0 Å². The van der Waals surface area contributed by atoms with E-state index in [1.165, 1.54) is 10.4 Å². The molecule has 0 fully saturated rings. The first-order chi connectivity index (χ1) is 14.8. The molecule has 0 heterocycles. The highest BCUT2D eigenvalue weighted by molar-refractivity contribution is 9.10. The second-order valence-electron chi connectivity index (χ2n) is 9.06. The smallest absolute Gasteiger partial charge is 0.261 e. The van der Waals surface area contributed by atoms with Gasteiger partial charge in [0.05, 0.1) is 18.6 Å². The van der Waals surface area contributed by atoms with Crippen LogP contribution < -0.4 is 10.4 Å². The highest BCUT2D eigenvalue weighted by atomic mass is 79.9. The van der Waals surface area contributed by atoms with E-state index in [-0.39, 0.29) is 24.9 Å². The van der Waals surface area contributed by atoms with Gasteiger partial charge in [0.2, 0.25) is 0 Å². The summed E-state index contributed by atoms with van der Waals surface area (Å²) in [7, 11) is -2.77. The summed E-state index contributed by atoms with van der Waals surface area (Å²) in [5.41, 5.74) is -0.0352. The topological polar surface area (TPSA) is 49.7 Å². The van der Waals surface area contributed by atoms with Gasteiger partial charge >= 0.3 is 0 Å². The van der Waals surface area contributed by atoms with Crippen LogP contribution in [0, 0.1) is 0 Å². The summed E-state index contributed by atoms with van der Waals surface area (Å²) in [6.07, 6.45) is 0. The maximum absolute atomic E-state index is 10.4. The number of aliphatic hydroxyl groups is 2. The van der Waals surface area contributed by atoms with E-state index >= 15 is 0 Å². The second kappa shape index (κ2) is 9.80. The molecular formula is C26H31BrO3Si. The third-order valence-corrected chi connectivity index (χ3v) is 11.6. The lowest BCUT2D eigenvalue weighted by atomic mass is 9.83. The van der Waals surface area contributed by atoms with Gasteiger partial charge in [-0.2, -0.15) is 0 Å². The van der Waals surface area contributed by atoms with Crippen LogP contribution in [0.1, 0.15) is 26.3 Å². The Kier molecular flexibility index (Phi) is 7.55. The Bertz CT molecular complexity index is 910. The van der Waals surface area contributed by atoms with Gasteiger partial charge in [-0.05, 0) is 33.1 Å². The molecule has 3 aromatic carbocycles. The number of hydrogen-bond donors (Lipinski definition) is 2. The van der Waals surface area contributed by atoms with Crippen molar-refractivity contribution in [2.75, 3.05) is 19.8 Å². The highest BCUT2D eigenvalue weighted by Gasteiger charge is 2.51. The van der Waals surface area contributed by atoms with E-state index in [2.05, 4.69) is 85.2 Å². The van der Waals surface area contributed by atoms with Gasteiger partial charge in [0, 0.05) is 11.1 Å². The van der Waals surface area contributed by atoms with Crippen LogP contribution in [0.15, 0.2) is 89.4 Å². The molecule has 3 aromatic rings. The van der Waals surface area contributed by atoms with Crippen molar-refractivity contribution in [1.29, 1.82) is 0 Å². The summed E-state index contributed by atoms with van der Waals surface area (Å²) in [6.45, 7) is 6.47. The van der Waals surface area contributed by atoms with E-state index in [4.69, 9.17) is 4.43 Å². The maximum atomic E-state index is 10.4. The van der Waals surface area contributed by atoms with E-state index in [9.17, 15) is 10.2 Å². The molecule has 3 rings (SSSR count). The SMILES string of the molecule is CC(C)(C)[Si](OCC(CO)(CO)c1ccc(Br)cc1)(c1ccccc1)c1ccccc1. The highest BCUT2D eigenvalue weighted by Crippen LogP contribution is 2.38. The Morgan fingerprint density at radius 2 is 1.19 bits per heavy atom. The van der Waals surface area contributed by atoms with E-state index < -0.39 is 13.7 Å². The average molecular weight is 500 g/mol. The minimum atomic E-state index is -2.77. The molecule has 164 valence electrons. The molecule has 0 aliphatic carbocycles. The molecular weight excluding hydrogens is 468 g/mol. The van der Waals surface area contributed by atoms with Crippen LogP contribution in [-0.4, -0.2) is 38.4 Å². The first kappa shape index (κ1) is 23.9. The van der Waals surface area contributed by atoms with Crippen molar-refractivity contribution in [3.8, 4) is 0 Å². The molecule has 0 aliphatic rings. The van der Waals surface area contributed by atoms with Gasteiger partial charge in [-0.1, -0.05) is 109 Å². The molecule has 2 N–H and O–H groups in total. The fourth-order valence-electron chi connectivity index (χ4n) is 4.22. The van der Waals surface area contributed by atoms with Crippen LogP contribution in [0.2, 0.25) is 5.04 Å². The van der Waals surface area contributed by atoms with Gasteiger partial charge in [0.1, 0.15) is 0 Å². The van der Waals surface area contributed by atoms with Crippen LogP contribution >= 0.6 is 15.9 Å². The minimum Gasteiger partial charge on any atom is -0.406 e. The van der Waals surface area contributed by atoms with E-state index in [0.717, 1.165) is 10.0 Å². The Morgan fingerprint density at radius 1 is 0.742 bits per heavy atom. The Hall–Kier alpha value is -1.76. The van der Waals surface area contributed by atoms with Gasteiger partial charge in [-0.3, -0.25) is 0 Å². The third-order valence-electron chi connectivity index (χ3n) is 6.04. The van der Waals surface area contributed by atoms with E-state index in [1.54, 1.807) is 0 Å².